The normalized spacial score (nSPS) is 10.8. The largest absolute Gasteiger partial charge is 0.497 e. The lowest BCUT2D eigenvalue weighted by Gasteiger charge is -2.04. The Kier molecular flexibility index (Phi) is 4.15. The summed E-state index contributed by atoms with van der Waals surface area (Å²) in [5.41, 5.74) is 2.06. The summed E-state index contributed by atoms with van der Waals surface area (Å²) in [6.45, 7) is 0.407. The van der Waals surface area contributed by atoms with Crippen LogP contribution in [-0.2, 0) is 11.9 Å². The molecule has 0 amide bonds. The van der Waals surface area contributed by atoms with Crippen molar-refractivity contribution in [3.63, 3.8) is 0 Å². The van der Waals surface area contributed by atoms with E-state index in [1.165, 1.54) is 5.56 Å². The van der Waals surface area contributed by atoms with Crippen LogP contribution in [0.2, 0.25) is 0 Å². The molecule has 0 bridgehead atoms. The first-order valence-electron chi connectivity index (χ1n) is 6.62. The van der Waals surface area contributed by atoms with Gasteiger partial charge < -0.3 is 13.9 Å². The molecule has 1 aromatic heterocycles. The quantitative estimate of drug-likeness (QED) is 0.614. The lowest BCUT2D eigenvalue weighted by atomic mass is 10.2. The molecule has 2 aromatic carbocycles. The second-order valence-electron chi connectivity index (χ2n) is 4.68. The van der Waals surface area contributed by atoms with Gasteiger partial charge in [-0.3, -0.25) is 0 Å². The van der Waals surface area contributed by atoms with Gasteiger partial charge in [0.1, 0.15) is 29.4 Å². The van der Waals surface area contributed by atoms with Crippen molar-refractivity contribution in [1.29, 1.82) is 0 Å². The molecule has 1 heterocycles. The third-order valence-corrected chi connectivity index (χ3v) is 3.88. The van der Waals surface area contributed by atoms with Gasteiger partial charge >= 0.3 is 0 Å². The van der Waals surface area contributed by atoms with E-state index in [0.29, 0.717) is 6.61 Å². The number of furan rings is 1. The summed E-state index contributed by atoms with van der Waals surface area (Å²) in [5, 5.41) is 1.86. The van der Waals surface area contributed by atoms with E-state index in [9.17, 15) is 0 Å². The van der Waals surface area contributed by atoms with Crippen molar-refractivity contribution in [2.45, 2.75) is 11.9 Å². The number of benzene rings is 2. The van der Waals surface area contributed by atoms with Crippen LogP contribution in [0.1, 0.15) is 11.3 Å². The van der Waals surface area contributed by atoms with Gasteiger partial charge in [-0.2, -0.15) is 0 Å². The van der Waals surface area contributed by atoms with Crippen molar-refractivity contribution in [3.05, 3.63) is 59.9 Å². The summed E-state index contributed by atoms with van der Waals surface area (Å²) in [4.78, 5) is 0. The molecular weight excluding hydrogens is 332 g/mol. The second kappa shape index (κ2) is 6.22. The van der Waals surface area contributed by atoms with Crippen LogP contribution in [0, 0.1) is 0 Å². The van der Waals surface area contributed by atoms with Gasteiger partial charge in [0, 0.05) is 10.7 Å². The molecule has 3 aromatic rings. The standard InChI is InChI=1S/C17H15BrO3/c1-19-15-6-7-17-13(8-15)9-16(21-17)11-20-14-4-2-12(10-18)3-5-14/h2-9H,10-11H2,1H3. The van der Waals surface area contributed by atoms with E-state index >= 15 is 0 Å². The average molecular weight is 347 g/mol. The Morgan fingerprint density at radius 1 is 1.00 bits per heavy atom. The number of alkyl halides is 1. The zero-order chi connectivity index (χ0) is 14.7. The van der Waals surface area contributed by atoms with Crippen molar-refractivity contribution in [3.8, 4) is 11.5 Å². The molecule has 0 N–H and O–H groups in total. The minimum absolute atomic E-state index is 0.407. The lowest BCUT2D eigenvalue weighted by molar-refractivity contribution is 0.274. The molecule has 3 rings (SSSR count). The van der Waals surface area contributed by atoms with Crippen LogP contribution in [0.15, 0.2) is 52.9 Å². The fourth-order valence-electron chi connectivity index (χ4n) is 2.10. The third kappa shape index (κ3) is 3.22. The number of fused-ring (bicyclic) bond motifs is 1. The molecule has 0 aliphatic heterocycles. The third-order valence-electron chi connectivity index (χ3n) is 3.23. The maximum absolute atomic E-state index is 5.75. The van der Waals surface area contributed by atoms with Gasteiger partial charge in [0.25, 0.3) is 0 Å². The molecule has 108 valence electrons. The van der Waals surface area contributed by atoms with Crippen molar-refractivity contribution in [2.24, 2.45) is 0 Å². The number of ether oxygens (including phenoxy) is 2. The van der Waals surface area contributed by atoms with E-state index in [2.05, 4.69) is 15.9 Å². The first-order valence-corrected chi connectivity index (χ1v) is 7.75. The van der Waals surface area contributed by atoms with Crippen LogP contribution in [0.25, 0.3) is 11.0 Å². The molecule has 0 unspecified atom stereocenters. The summed E-state index contributed by atoms with van der Waals surface area (Å²) in [7, 11) is 1.65. The van der Waals surface area contributed by atoms with Gasteiger partial charge in [0.05, 0.1) is 7.11 Å². The highest BCUT2D eigenvalue weighted by Crippen LogP contribution is 2.25. The van der Waals surface area contributed by atoms with Gasteiger partial charge in [-0.25, -0.2) is 0 Å². The van der Waals surface area contributed by atoms with Crippen molar-refractivity contribution >= 4 is 26.9 Å². The zero-order valence-corrected chi connectivity index (χ0v) is 13.2. The van der Waals surface area contributed by atoms with Gasteiger partial charge in [0.15, 0.2) is 0 Å². The Labute approximate surface area is 131 Å². The predicted octanol–water partition coefficient (Wildman–Crippen LogP) is 4.92. The molecule has 0 spiro atoms. The minimum atomic E-state index is 0.407. The van der Waals surface area contributed by atoms with Crippen molar-refractivity contribution in [1.82, 2.24) is 0 Å². The van der Waals surface area contributed by atoms with Gasteiger partial charge in [-0.15, -0.1) is 0 Å². The molecule has 4 heteroatoms. The summed E-state index contributed by atoms with van der Waals surface area (Å²) in [6.07, 6.45) is 0. The molecule has 0 saturated carbocycles. The van der Waals surface area contributed by atoms with E-state index in [1.807, 2.05) is 48.5 Å². The highest BCUT2D eigenvalue weighted by Gasteiger charge is 2.06. The van der Waals surface area contributed by atoms with E-state index in [1.54, 1.807) is 7.11 Å². The Hall–Kier alpha value is -1.94. The summed E-state index contributed by atoms with van der Waals surface area (Å²) in [5.74, 6) is 2.45. The minimum Gasteiger partial charge on any atom is -0.497 e. The van der Waals surface area contributed by atoms with Crippen LogP contribution in [0.3, 0.4) is 0 Å². The van der Waals surface area contributed by atoms with E-state index in [-0.39, 0.29) is 0 Å². The first-order chi connectivity index (χ1) is 10.3. The first kappa shape index (κ1) is 14.0. The number of methoxy groups -OCH3 is 1. The molecule has 0 fully saturated rings. The van der Waals surface area contributed by atoms with E-state index < -0.39 is 0 Å². The molecule has 3 nitrogen and oxygen atoms in total. The zero-order valence-electron chi connectivity index (χ0n) is 11.6. The number of hydrogen-bond donors (Lipinski definition) is 0. The van der Waals surface area contributed by atoms with Gasteiger partial charge in [-0.05, 0) is 42.0 Å². The Morgan fingerprint density at radius 3 is 2.48 bits per heavy atom. The fourth-order valence-corrected chi connectivity index (χ4v) is 2.48. The lowest BCUT2D eigenvalue weighted by Crippen LogP contribution is -1.93. The predicted molar refractivity (Wildman–Crippen MR) is 86.2 cm³/mol. The maximum atomic E-state index is 5.75. The number of halogens is 1. The summed E-state index contributed by atoms with van der Waals surface area (Å²) in [6, 6.07) is 15.7. The summed E-state index contributed by atoms with van der Waals surface area (Å²) < 4.78 is 16.7. The average Bonchev–Trinajstić information content (AvgIpc) is 2.95. The van der Waals surface area contributed by atoms with Crippen LogP contribution in [-0.4, -0.2) is 7.11 Å². The maximum Gasteiger partial charge on any atom is 0.146 e. The molecule has 0 radical (unpaired) electrons. The Bertz CT molecular complexity index is 731. The van der Waals surface area contributed by atoms with E-state index in [0.717, 1.165) is 33.6 Å². The molecular formula is C17H15BrO3. The SMILES string of the molecule is COc1ccc2oc(COc3ccc(CBr)cc3)cc2c1. The molecule has 0 atom stereocenters. The van der Waals surface area contributed by atoms with Crippen LogP contribution in [0.4, 0.5) is 0 Å². The number of rotatable bonds is 5. The smallest absolute Gasteiger partial charge is 0.146 e. The van der Waals surface area contributed by atoms with Crippen LogP contribution in [0.5, 0.6) is 11.5 Å². The van der Waals surface area contributed by atoms with Crippen LogP contribution < -0.4 is 9.47 Å². The highest BCUT2D eigenvalue weighted by atomic mass is 79.9. The molecule has 0 aliphatic carbocycles. The highest BCUT2D eigenvalue weighted by molar-refractivity contribution is 9.08. The van der Waals surface area contributed by atoms with Crippen molar-refractivity contribution in [2.75, 3.05) is 7.11 Å². The second-order valence-corrected chi connectivity index (χ2v) is 5.24. The monoisotopic (exact) mass is 346 g/mol. The Balaban J connectivity index is 1.72. The topological polar surface area (TPSA) is 31.6 Å². The van der Waals surface area contributed by atoms with Gasteiger partial charge in [0.2, 0.25) is 0 Å². The number of hydrogen-bond acceptors (Lipinski definition) is 3. The summed E-state index contributed by atoms with van der Waals surface area (Å²) >= 11 is 3.42. The van der Waals surface area contributed by atoms with Crippen LogP contribution >= 0.6 is 15.9 Å². The van der Waals surface area contributed by atoms with Gasteiger partial charge in [-0.1, -0.05) is 28.1 Å². The molecule has 21 heavy (non-hydrogen) atoms. The van der Waals surface area contributed by atoms with Crippen molar-refractivity contribution < 1.29 is 13.9 Å². The Morgan fingerprint density at radius 2 is 1.76 bits per heavy atom. The molecule has 0 aliphatic rings. The molecule has 0 saturated heterocycles. The van der Waals surface area contributed by atoms with E-state index in [4.69, 9.17) is 13.9 Å². The fraction of sp³-hybridized carbons (Fsp3) is 0.176.